The highest BCUT2D eigenvalue weighted by atomic mass is 79.9. The molecule has 0 aliphatic carbocycles. The summed E-state index contributed by atoms with van der Waals surface area (Å²) in [5, 5.41) is 22.6. The van der Waals surface area contributed by atoms with Crippen molar-refractivity contribution in [3.63, 3.8) is 0 Å². The number of aliphatic hydroxyl groups excluding tert-OH is 2. The molecule has 4 nitrogen and oxygen atoms in total. The lowest BCUT2D eigenvalue weighted by Crippen LogP contribution is -2.50. The van der Waals surface area contributed by atoms with E-state index in [1.54, 1.807) is 0 Å². The highest BCUT2D eigenvalue weighted by Crippen LogP contribution is 2.18. The first-order chi connectivity index (χ1) is 9.55. The largest absolute Gasteiger partial charge is 0.491 e. The summed E-state index contributed by atoms with van der Waals surface area (Å²) >= 11 is 3.37. The lowest BCUT2D eigenvalue weighted by atomic mass is 9.94. The fourth-order valence-corrected chi connectivity index (χ4v) is 2.30. The molecular formula is C15H24BrNO3. The van der Waals surface area contributed by atoms with Gasteiger partial charge in [-0.2, -0.15) is 0 Å². The van der Waals surface area contributed by atoms with Crippen LogP contribution < -0.4 is 10.1 Å². The van der Waals surface area contributed by atoms with Gasteiger partial charge in [0.05, 0.1) is 6.61 Å². The fraction of sp³-hybridized carbons (Fsp3) is 0.600. The number of rotatable bonds is 9. The number of hydrogen-bond acceptors (Lipinski definition) is 4. The van der Waals surface area contributed by atoms with E-state index < -0.39 is 6.10 Å². The van der Waals surface area contributed by atoms with Crippen LogP contribution in [0.1, 0.15) is 26.7 Å². The van der Waals surface area contributed by atoms with E-state index in [0.29, 0.717) is 6.54 Å². The smallest absolute Gasteiger partial charge is 0.120 e. The molecule has 0 bridgehead atoms. The molecule has 0 fully saturated rings. The Kier molecular flexibility index (Phi) is 7.51. The number of ether oxygens (including phenoxy) is 1. The third kappa shape index (κ3) is 5.40. The van der Waals surface area contributed by atoms with Crippen molar-refractivity contribution in [2.75, 3.05) is 19.8 Å². The predicted octanol–water partition coefficient (Wildman–Crippen LogP) is 2.33. The van der Waals surface area contributed by atoms with Crippen LogP contribution in [0.5, 0.6) is 5.75 Å². The zero-order valence-electron chi connectivity index (χ0n) is 12.1. The van der Waals surface area contributed by atoms with Gasteiger partial charge >= 0.3 is 0 Å². The molecule has 0 saturated heterocycles. The van der Waals surface area contributed by atoms with Crippen molar-refractivity contribution in [3.05, 3.63) is 28.7 Å². The van der Waals surface area contributed by atoms with Crippen molar-refractivity contribution in [1.82, 2.24) is 5.32 Å². The van der Waals surface area contributed by atoms with Crippen LogP contribution >= 0.6 is 15.9 Å². The maximum Gasteiger partial charge on any atom is 0.120 e. The number of aliphatic hydroxyl groups is 2. The van der Waals surface area contributed by atoms with Gasteiger partial charge in [0.1, 0.15) is 18.5 Å². The summed E-state index contributed by atoms with van der Waals surface area (Å²) in [7, 11) is 0. The molecule has 20 heavy (non-hydrogen) atoms. The van der Waals surface area contributed by atoms with E-state index in [0.717, 1.165) is 23.1 Å². The van der Waals surface area contributed by atoms with Gasteiger partial charge < -0.3 is 20.3 Å². The Morgan fingerprint density at radius 2 is 2.05 bits per heavy atom. The quantitative estimate of drug-likeness (QED) is 0.642. The second kappa shape index (κ2) is 8.62. The van der Waals surface area contributed by atoms with Gasteiger partial charge in [0, 0.05) is 16.6 Å². The molecule has 0 radical (unpaired) electrons. The maximum absolute atomic E-state index is 9.95. The Bertz CT molecular complexity index is 388. The van der Waals surface area contributed by atoms with Gasteiger partial charge in [-0.25, -0.2) is 0 Å². The van der Waals surface area contributed by atoms with Crippen LogP contribution in [0.3, 0.4) is 0 Å². The molecule has 0 saturated carbocycles. The summed E-state index contributed by atoms with van der Waals surface area (Å²) in [5.41, 5.74) is -0.309. The minimum Gasteiger partial charge on any atom is -0.491 e. The van der Waals surface area contributed by atoms with E-state index in [1.807, 2.05) is 38.1 Å². The Hall–Kier alpha value is -0.620. The normalized spacial score (nSPS) is 13.2. The summed E-state index contributed by atoms with van der Waals surface area (Å²) in [6.07, 6.45) is 1.02. The topological polar surface area (TPSA) is 61.7 Å². The van der Waals surface area contributed by atoms with Crippen LogP contribution in [0.25, 0.3) is 0 Å². The summed E-state index contributed by atoms with van der Waals surface area (Å²) in [6, 6.07) is 7.51. The number of hydrogen-bond donors (Lipinski definition) is 3. The van der Waals surface area contributed by atoms with Gasteiger partial charge in [-0.3, -0.25) is 0 Å². The zero-order chi connectivity index (χ0) is 15.0. The van der Waals surface area contributed by atoms with Gasteiger partial charge in [0.15, 0.2) is 0 Å². The van der Waals surface area contributed by atoms with Crippen molar-refractivity contribution in [1.29, 1.82) is 0 Å². The number of benzene rings is 1. The van der Waals surface area contributed by atoms with Crippen LogP contribution in [-0.2, 0) is 0 Å². The molecule has 0 amide bonds. The molecule has 0 aliphatic heterocycles. The minimum absolute atomic E-state index is 0.0687. The van der Waals surface area contributed by atoms with Crippen molar-refractivity contribution in [3.8, 4) is 5.75 Å². The van der Waals surface area contributed by atoms with Crippen molar-refractivity contribution >= 4 is 15.9 Å². The zero-order valence-corrected chi connectivity index (χ0v) is 13.7. The second-order valence-electron chi connectivity index (χ2n) is 4.95. The summed E-state index contributed by atoms with van der Waals surface area (Å²) in [4.78, 5) is 0. The van der Waals surface area contributed by atoms with Gasteiger partial charge in [-0.15, -0.1) is 0 Å². The van der Waals surface area contributed by atoms with Crippen molar-refractivity contribution in [2.24, 2.45) is 0 Å². The second-order valence-corrected chi connectivity index (χ2v) is 5.86. The first kappa shape index (κ1) is 17.4. The van der Waals surface area contributed by atoms with Gasteiger partial charge in [-0.05, 0) is 31.0 Å². The predicted molar refractivity (Wildman–Crippen MR) is 84.0 cm³/mol. The summed E-state index contributed by atoms with van der Waals surface area (Å²) < 4.78 is 6.48. The molecule has 5 heteroatoms. The third-order valence-corrected chi connectivity index (χ3v) is 4.10. The molecule has 1 aromatic rings. The van der Waals surface area contributed by atoms with Crippen molar-refractivity contribution in [2.45, 2.75) is 38.3 Å². The molecular weight excluding hydrogens is 322 g/mol. The highest BCUT2D eigenvalue weighted by Gasteiger charge is 2.25. The fourth-order valence-electron chi connectivity index (χ4n) is 1.92. The summed E-state index contributed by atoms with van der Waals surface area (Å²) in [6.45, 7) is 4.74. The lowest BCUT2D eigenvalue weighted by Gasteiger charge is -2.32. The molecule has 1 aromatic carbocycles. The van der Waals surface area contributed by atoms with Crippen LogP contribution in [0.2, 0.25) is 0 Å². The molecule has 1 rings (SSSR count). The van der Waals surface area contributed by atoms with E-state index in [4.69, 9.17) is 4.74 Å². The van der Waals surface area contributed by atoms with Crippen molar-refractivity contribution < 1.29 is 14.9 Å². The number of halogens is 1. The molecule has 1 unspecified atom stereocenters. The van der Waals surface area contributed by atoms with Gasteiger partial charge in [0.25, 0.3) is 0 Å². The molecule has 0 heterocycles. The first-order valence-corrected chi connectivity index (χ1v) is 7.77. The Morgan fingerprint density at radius 3 is 2.60 bits per heavy atom. The average molecular weight is 346 g/mol. The average Bonchev–Trinajstić information content (AvgIpc) is 2.47. The number of nitrogens with one attached hydrogen (secondary N) is 1. The van der Waals surface area contributed by atoms with E-state index >= 15 is 0 Å². The monoisotopic (exact) mass is 345 g/mol. The SMILES string of the molecule is CCC(CC)(CO)NCC(O)COc1cccc(Br)c1. The Labute approximate surface area is 129 Å². The third-order valence-electron chi connectivity index (χ3n) is 3.61. The Morgan fingerprint density at radius 1 is 1.35 bits per heavy atom. The van der Waals surface area contributed by atoms with Gasteiger partial charge in [0.2, 0.25) is 0 Å². The molecule has 0 aromatic heterocycles. The van der Waals surface area contributed by atoms with Crippen LogP contribution in [0.4, 0.5) is 0 Å². The standard InChI is InChI=1S/C15H24BrNO3/c1-3-15(4-2,11-18)17-9-13(19)10-20-14-7-5-6-12(16)8-14/h5-8,13,17-19H,3-4,9-11H2,1-2H3. The van der Waals surface area contributed by atoms with E-state index in [-0.39, 0.29) is 18.8 Å². The van der Waals surface area contributed by atoms with Crippen LogP contribution in [0, 0.1) is 0 Å². The van der Waals surface area contributed by atoms with Crippen LogP contribution in [0.15, 0.2) is 28.7 Å². The van der Waals surface area contributed by atoms with E-state index in [9.17, 15) is 10.2 Å². The van der Waals surface area contributed by atoms with E-state index in [1.165, 1.54) is 0 Å². The molecule has 1 atom stereocenters. The Balaban J connectivity index is 2.38. The van der Waals surface area contributed by atoms with E-state index in [2.05, 4.69) is 21.2 Å². The molecule has 3 N–H and O–H groups in total. The summed E-state index contributed by atoms with van der Waals surface area (Å²) in [5.74, 6) is 0.720. The first-order valence-electron chi connectivity index (χ1n) is 6.97. The highest BCUT2D eigenvalue weighted by molar-refractivity contribution is 9.10. The molecule has 0 spiro atoms. The number of β-amino-alcohol motifs (C(OH)–C–C–N with tert-alkyl or cyclic N) is 1. The lowest BCUT2D eigenvalue weighted by molar-refractivity contribution is 0.0812. The van der Waals surface area contributed by atoms with Crippen LogP contribution in [-0.4, -0.2) is 41.6 Å². The maximum atomic E-state index is 9.95. The molecule has 114 valence electrons. The molecule has 0 aliphatic rings. The minimum atomic E-state index is -0.613. The van der Waals surface area contributed by atoms with Gasteiger partial charge in [-0.1, -0.05) is 35.8 Å².